The van der Waals surface area contributed by atoms with Gasteiger partial charge in [-0.25, -0.2) is 0 Å². The zero-order valence-electron chi connectivity index (χ0n) is 15.0. The standard InChI is InChI=1S/C19H27N3O3/c1-21(2)19(24)11-15-7-9-22(10-8-15)13-17(23)14-25-18-6-4-3-5-16(18)12-20/h3-6,15,17,23H,7-11,13-14H2,1-2H3. The molecule has 1 unspecified atom stereocenters. The Kier molecular flexibility index (Phi) is 7.23. The van der Waals surface area contributed by atoms with E-state index in [1.165, 1.54) is 0 Å². The summed E-state index contributed by atoms with van der Waals surface area (Å²) < 4.78 is 5.58. The monoisotopic (exact) mass is 345 g/mol. The van der Waals surface area contributed by atoms with Gasteiger partial charge < -0.3 is 19.6 Å². The first-order valence-electron chi connectivity index (χ1n) is 8.72. The average molecular weight is 345 g/mol. The Morgan fingerprint density at radius 1 is 1.40 bits per heavy atom. The van der Waals surface area contributed by atoms with Gasteiger partial charge in [0, 0.05) is 27.1 Å². The summed E-state index contributed by atoms with van der Waals surface area (Å²) in [6.07, 6.45) is 1.96. The zero-order valence-corrected chi connectivity index (χ0v) is 15.0. The summed E-state index contributed by atoms with van der Waals surface area (Å²) >= 11 is 0. The highest BCUT2D eigenvalue weighted by Gasteiger charge is 2.23. The molecule has 1 amide bonds. The molecule has 0 aromatic heterocycles. The fourth-order valence-corrected chi connectivity index (χ4v) is 3.02. The first-order valence-corrected chi connectivity index (χ1v) is 8.72. The molecule has 2 rings (SSSR count). The maximum absolute atomic E-state index is 11.8. The predicted molar refractivity (Wildman–Crippen MR) is 95.1 cm³/mol. The van der Waals surface area contributed by atoms with E-state index in [0.717, 1.165) is 25.9 Å². The molecule has 6 heteroatoms. The van der Waals surface area contributed by atoms with Gasteiger partial charge in [0.2, 0.25) is 5.91 Å². The lowest BCUT2D eigenvalue weighted by atomic mass is 9.93. The maximum atomic E-state index is 11.8. The van der Waals surface area contributed by atoms with Crippen LogP contribution in [0.3, 0.4) is 0 Å². The third-order valence-electron chi connectivity index (χ3n) is 4.58. The largest absolute Gasteiger partial charge is 0.489 e. The predicted octanol–water partition coefficient (Wildman–Crippen LogP) is 1.49. The molecule has 0 spiro atoms. The Morgan fingerprint density at radius 3 is 2.72 bits per heavy atom. The lowest BCUT2D eigenvalue weighted by Gasteiger charge is -2.33. The minimum atomic E-state index is -0.605. The lowest BCUT2D eigenvalue weighted by Crippen LogP contribution is -2.41. The Morgan fingerprint density at radius 2 is 2.08 bits per heavy atom. The number of aliphatic hydroxyl groups is 1. The van der Waals surface area contributed by atoms with E-state index in [1.54, 1.807) is 37.2 Å². The van der Waals surface area contributed by atoms with Gasteiger partial charge in [0.1, 0.15) is 24.5 Å². The molecule has 1 aromatic carbocycles. The number of nitrogens with zero attached hydrogens (tertiary/aromatic N) is 3. The normalized spacial score (nSPS) is 16.9. The van der Waals surface area contributed by atoms with Crippen molar-refractivity contribution in [1.29, 1.82) is 5.26 Å². The van der Waals surface area contributed by atoms with Crippen molar-refractivity contribution in [1.82, 2.24) is 9.80 Å². The highest BCUT2D eigenvalue weighted by Crippen LogP contribution is 2.21. The highest BCUT2D eigenvalue weighted by molar-refractivity contribution is 5.75. The summed E-state index contributed by atoms with van der Waals surface area (Å²) in [4.78, 5) is 15.6. The Hall–Kier alpha value is -2.10. The van der Waals surface area contributed by atoms with Crippen molar-refractivity contribution >= 4 is 5.91 Å². The van der Waals surface area contributed by atoms with E-state index >= 15 is 0 Å². The van der Waals surface area contributed by atoms with Gasteiger partial charge in [-0.2, -0.15) is 5.26 Å². The number of β-amino-alcohol motifs (C(OH)–C–C–N with tert-alkyl or cyclic N) is 1. The smallest absolute Gasteiger partial charge is 0.222 e. The van der Waals surface area contributed by atoms with Gasteiger partial charge in [-0.15, -0.1) is 0 Å². The second kappa shape index (κ2) is 9.40. The first kappa shape index (κ1) is 19.2. The number of carbonyl (C=O) groups is 1. The molecule has 1 fully saturated rings. The number of nitriles is 1. The molecule has 0 aliphatic carbocycles. The molecule has 1 saturated heterocycles. The fraction of sp³-hybridized carbons (Fsp3) is 0.579. The number of likely N-dealkylation sites (tertiary alicyclic amines) is 1. The third kappa shape index (κ3) is 6.04. The topological polar surface area (TPSA) is 76.8 Å². The molecule has 1 atom stereocenters. The van der Waals surface area contributed by atoms with Gasteiger partial charge in [-0.3, -0.25) is 4.79 Å². The molecule has 0 saturated carbocycles. The van der Waals surface area contributed by atoms with Crippen molar-refractivity contribution < 1.29 is 14.6 Å². The minimum absolute atomic E-state index is 0.164. The number of benzene rings is 1. The summed E-state index contributed by atoms with van der Waals surface area (Å²) in [6.45, 7) is 2.48. The van der Waals surface area contributed by atoms with Crippen molar-refractivity contribution in [2.24, 2.45) is 5.92 Å². The molecule has 1 aromatic rings. The van der Waals surface area contributed by atoms with Crippen LogP contribution in [0.2, 0.25) is 0 Å². The molecule has 136 valence electrons. The summed E-state index contributed by atoms with van der Waals surface area (Å²) in [6, 6.07) is 9.10. The molecule has 0 radical (unpaired) electrons. The Bertz CT molecular complexity index is 604. The van der Waals surface area contributed by atoms with Gasteiger partial charge in [-0.05, 0) is 44.0 Å². The summed E-state index contributed by atoms with van der Waals surface area (Å²) in [5.74, 6) is 1.12. The van der Waals surface area contributed by atoms with Crippen LogP contribution in [0, 0.1) is 17.2 Å². The van der Waals surface area contributed by atoms with E-state index in [0.29, 0.717) is 30.2 Å². The summed E-state index contributed by atoms with van der Waals surface area (Å²) in [7, 11) is 3.58. The highest BCUT2D eigenvalue weighted by atomic mass is 16.5. The fourth-order valence-electron chi connectivity index (χ4n) is 3.02. The Labute approximate surface area is 149 Å². The molecular weight excluding hydrogens is 318 g/mol. The van der Waals surface area contributed by atoms with Crippen molar-refractivity contribution in [2.45, 2.75) is 25.4 Å². The van der Waals surface area contributed by atoms with E-state index in [2.05, 4.69) is 11.0 Å². The molecule has 1 heterocycles. The minimum Gasteiger partial charge on any atom is -0.489 e. The molecule has 0 bridgehead atoms. The van der Waals surface area contributed by atoms with Crippen LogP contribution >= 0.6 is 0 Å². The number of piperidine rings is 1. The van der Waals surface area contributed by atoms with Crippen molar-refractivity contribution in [3.8, 4) is 11.8 Å². The van der Waals surface area contributed by atoms with E-state index in [-0.39, 0.29) is 12.5 Å². The van der Waals surface area contributed by atoms with E-state index in [9.17, 15) is 9.90 Å². The lowest BCUT2D eigenvalue weighted by molar-refractivity contribution is -0.130. The zero-order chi connectivity index (χ0) is 18.2. The van der Waals surface area contributed by atoms with E-state index in [1.807, 2.05) is 6.07 Å². The number of hydrogen-bond donors (Lipinski definition) is 1. The van der Waals surface area contributed by atoms with Crippen LogP contribution in [0.4, 0.5) is 0 Å². The third-order valence-corrected chi connectivity index (χ3v) is 4.58. The SMILES string of the molecule is CN(C)C(=O)CC1CCN(CC(O)COc2ccccc2C#N)CC1. The molecule has 1 aliphatic heterocycles. The second-order valence-corrected chi connectivity index (χ2v) is 6.81. The van der Waals surface area contributed by atoms with Crippen LogP contribution in [0.5, 0.6) is 5.75 Å². The first-order chi connectivity index (χ1) is 12.0. The van der Waals surface area contributed by atoms with E-state index < -0.39 is 6.10 Å². The maximum Gasteiger partial charge on any atom is 0.222 e. The summed E-state index contributed by atoms with van der Waals surface area (Å²) in [5, 5.41) is 19.2. The molecule has 1 N–H and O–H groups in total. The molecule has 25 heavy (non-hydrogen) atoms. The van der Waals surface area contributed by atoms with Crippen molar-refractivity contribution in [3.63, 3.8) is 0 Å². The number of rotatable bonds is 7. The van der Waals surface area contributed by atoms with Crippen molar-refractivity contribution in [3.05, 3.63) is 29.8 Å². The Balaban J connectivity index is 1.71. The van der Waals surface area contributed by atoms with Crippen LogP contribution in [-0.2, 0) is 4.79 Å². The number of ether oxygens (including phenoxy) is 1. The van der Waals surface area contributed by atoms with Gasteiger partial charge >= 0.3 is 0 Å². The van der Waals surface area contributed by atoms with Crippen molar-refractivity contribution in [2.75, 3.05) is 40.3 Å². The molecule has 6 nitrogen and oxygen atoms in total. The number of aliphatic hydroxyl groups excluding tert-OH is 1. The summed E-state index contributed by atoms with van der Waals surface area (Å²) in [5.41, 5.74) is 0.473. The van der Waals surface area contributed by atoms with Gasteiger partial charge in [-0.1, -0.05) is 12.1 Å². The van der Waals surface area contributed by atoms with Gasteiger partial charge in [0.25, 0.3) is 0 Å². The van der Waals surface area contributed by atoms with Crippen LogP contribution in [-0.4, -0.2) is 67.3 Å². The van der Waals surface area contributed by atoms with Crippen LogP contribution < -0.4 is 4.74 Å². The van der Waals surface area contributed by atoms with Crippen LogP contribution in [0.25, 0.3) is 0 Å². The van der Waals surface area contributed by atoms with Gasteiger partial charge in [0.15, 0.2) is 0 Å². The van der Waals surface area contributed by atoms with Gasteiger partial charge in [0.05, 0.1) is 5.56 Å². The number of carbonyl (C=O) groups excluding carboxylic acids is 1. The van der Waals surface area contributed by atoms with Crippen LogP contribution in [0.1, 0.15) is 24.8 Å². The van der Waals surface area contributed by atoms with E-state index in [4.69, 9.17) is 10.00 Å². The second-order valence-electron chi connectivity index (χ2n) is 6.81. The quantitative estimate of drug-likeness (QED) is 0.810. The number of amides is 1. The molecule has 1 aliphatic rings. The molecular formula is C19H27N3O3. The van der Waals surface area contributed by atoms with Crippen LogP contribution in [0.15, 0.2) is 24.3 Å². The number of para-hydroxylation sites is 1. The number of hydrogen-bond acceptors (Lipinski definition) is 5. The average Bonchev–Trinajstić information content (AvgIpc) is 2.61.